The minimum Gasteiger partial charge on any atom is -0.349 e. The molecule has 0 fully saturated rings. The number of amides is 1. The molecule has 0 spiro atoms. The average Bonchev–Trinajstić information content (AvgIpc) is 2.93. The Hall–Kier alpha value is -1.43. The minimum atomic E-state index is -0.0143. The van der Waals surface area contributed by atoms with Gasteiger partial charge in [0.15, 0.2) is 0 Å². The second-order valence-corrected chi connectivity index (χ2v) is 6.62. The van der Waals surface area contributed by atoms with E-state index in [1.807, 2.05) is 6.92 Å². The topological polar surface area (TPSA) is 54.0 Å². The molecule has 23 heavy (non-hydrogen) atoms. The molecule has 0 radical (unpaired) electrons. The van der Waals surface area contributed by atoms with Gasteiger partial charge in [-0.15, -0.1) is 23.7 Å². The number of aromatic nitrogens is 1. The number of fused-ring (bicyclic) bond motifs is 1. The number of thiazole rings is 1. The summed E-state index contributed by atoms with van der Waals surface area (Å²) in [6, 6.07) is 8.64. The summed E-state index contributed by atoms with van der Waals surface area (Å²) in [6.45, 7) is 5.52. The van der Waals surface area contributed by atoms with Crippen LogP contribution >= 0.6 is 23.7 Å². The Kier molecular flexibility index (Phi) is 6.16. The van der Waals surface area contributed by atoms with Crippen molar-refractivity contribution in [1.29, 1.82) is 0 Å². The van der Waals surface area contributed by atoms with E-state index in [2.05, 4.69) is 46.8 Å². The van der Waals surface area contributed by atoms with Gasteiger partial charge < -0.3 is 10.6 Å². The Balaban J connectivity index is 0.00000192. The first kappa shape index (κ1) is 17.9. The molecule has 1 aromatic heterocycles. The SMILES string of the molecule is CCc1nc(C)c(C(=O)NCC2NCCc3ccccc32)s1.Cl. The lowest BCUT2D eigenvalue weighted by molar-refractivity contribution is 0.0952. The largest absolute Gasteiger partial charge is 0.349 e. The van der Waals surface area contributed by atoms with Crippen molar-refractivity contribution in [2.75, 3.05) is 13.1 Å². The highest BCUT2D eigenvalue weighted by Gasteiger charge is 2.21. The van der Waals surface area contributed by atoms with Gasteiger partial charge in [-0.2, -0.15) is 0 Å². The van der Waals surface area contributed by atoms with Crippen molar-refractivity contribution in [3.05, 3.63) is 51.0 Å². The molecule has 6 heteroatoms. The molecule has 1 unspecified atom stereocenters. The van der Waals surface area contributed by atoms with Crippen molar-refractivity contribution in [2.45, 2.75) is 32.7 Å². The molecule has 2 aromatic rings. The zero-order valence-corrected chi connectivity index (χ0v) is 15.0. The van der Waals surface area contributed by atoms with Gasteiger partial charge in [0.25, 0.3) is 5.91 Å². The first-order valence-corrected chi connectivity index (χ1v) is 8.56. The van der Waals surface area contributed by atoms with Crippen molar-refractivity contribution in [3.8, 4) is 0 Å². The standard InChI is InChI=1S/C17H21N3OS.ClH/c1-3-15-20-11(2)16(22-15)17(21)19-10-14-13-7-5-4-6-12(13)8-9-18-14;/h4-7,14,18H,3,8-10H2,1-2H3,(H,19,21);1H. The van der Waals surface area contributed by atoms with Crippen LogP contribution in [0.1, 0.15) is 44.5 Å². The molecule has 4 nitrogen and oxygen atoms in total. The van der Waals surface area contributed by atoms with Gasteiger partial charge in [-0.05, 0) is 37.4 Å². The molecule has 0 bridgehead atoms. The van der Waals surface area contributed by atoms with Gasteiger partial charge in [0.1, 0.15) is 4.88 Å². The van der Waals surface area contributed by atoms with Crippen LogP contribution in [0.25, 0.3) is 0 Å². The third-order valence-corrected chi connectivity index (χ3v) is 5.33. The van der Waals surface area contributed by atoms with E-state index in [0.29, 0.717) is 6.54 Å². The van der Waals surface area contributed by atoms with E-state index in [1.54, 1.807) is 0 Å². The molecule has 1 amide bonds. The van der Waals surface area contributed by atoms with E-state index in [0.717, 1.165) is 35.0 Å². The maximum atomic E-state index is 12.4. The number of benzene rings is 1. The first-order valence-electron chi connectivity index (χ1n) is 7.74. The van der Waals surface area contributed by atoms with Gasteiger partial charge in [-0.3, -0.25) is 4.79 Å². The second-order valence-electron chi connectivity index (χ2n) is 5.54. The van der Waals surface area contributed by atoms with Crippen molar-refractivity contribution in [3.63, 3.8) is 0 Å². The number of nitrogens with zero attached hydrogens (tertiary/aromatic N) is 1. The highest BCUT2D eigenvalue weighted by atomic mass is 35.5. The second kappa shape index (κ2) is 7.90. The Labute approximate surface area is 147 Å². The number of nitrogens with one attached hydrogen (secondary N) is 2. The molecule has 0 saturated carbocycles. The molecule has 2 heterocycles. The highest BCUT2D eigenvalue weighted by Crippen LogP contribution is 2.23. The summed E-state index contributed by atoms with van der Waals surface area (Å²) in [5, 5.41) is 7.56. The number of halogens is 1. The van der Waals surface area contributed by atoms with Crippen molar-refractivity contribution in [2.24, 2.45) is 0 Å². The number of hydrogen-bond acceptors (Lipinski definition) is 4. The fourth-order valence-electron chi connectivity index (χ4n) is 2.86. The highest BCUT2D eigenvalue weighted by molar-refractivity contribution is 7.13. The van der Waals surface area contributed by atoms with E-state index < -0.39 is 0 Å². The van der Waals surface area contributed by atoms with Crippen LogP contribution in [-0.2, 0) is 12.8 Å². The minimum absolute atomic E-state index is 0. The summed E-state index contributed by atoms with van der Waals surface area (Å²) in [4.78, 5) is 17.5. The van der Waals surface area contributed by atoms with Gasteiger partial charge >= 0.3 is 0 Å². The quantitative estimate of drug-likeness (QED) is 0.890. The number of rotatable bonds is 4. The van der Waals surface area contributed by atoms with E-state index in [9.17, 15) is 4.79 Å². The molecular formula is C17H22ClN3OS. The Morgan fingerprint density at radius 3 is 2.96 bits per heavy atom. The zero-order chi connectivity index (χ0) is 15.5. The lowest BCUT2D eigenvalue weighted by Crippen LogP contribution is -2.38. The van der Waals surface area contributed by atoms with E-state index >= 15 is 0 Å². The van der Waals surface area contributed by atoms with Crippen molar-refractivity contribution in [1.82, 2.24) is 15.6 Å². The van der Waals surface area contributed by atoms with E-state index in [4.69, 9.17) is 0 Å². The van der Waals surface area contributed by atoms with Crippen LogP contribution in [0, 0.1) is 6.92 Å². The molecule has 1 aromatic carbocycles. The maximum absolute atomic E-state index is 12.4. The van der Waals surface area contributed by atoms with Gasteiger partial charge in [0, 0.05) is 12.6 Å². The molecule has 2 N–H and O–H groups in total. The van der Waals surface area contributed by atoms with Gasteiger partial charge in [-0.25, -0.2) is 4.98 Å². The van der Waals surface area contributed by atoms with Gasteiger partial charge in [-0.1, -0.05) is 31.2 Å². The average molecular weight is 352 g/mol. The Morgan fingerprint density at radius 1 is 1.43 bits per heavy atom. The van der Waals surface area contributed by atoms with E-state index in [1.165, 1.54) is 22.5 Å². The van der Waals surface area contributed by atoms with Crippen LogP contribution in [-0.4, -0.2) is 24.0 Å². The summed E-state index contributed by atoms with van der Waals surface area (Å²) in [6.07, 6.45) is 1.92. The molecule has 0 saturated heterocycles. The van der Waals surface area contributed by atoms with Gasteiger partial charge in [0.05, 0.1) is 10.7 Å². The first-order chi connectivity index (χ1) is 10.7. The van der Waals surface area contributed by atoms with E-state index in [-0.39, 0.29) is 24.4 Å². The van der Waals surface area contributed by atoms with Crippen LogP contribution < -0.4 is 10.6 Å². The van der Waals surface area contributed by atoms with Crippen molar-refractivity contribution < 1.29 is 4.79 Å². The number of carbonyl (C=O) groups excluding carboxylic acids is 1. The normalized spacial score (nSPS) is 16.3. The molecule has 3 rings (SSSR count). The third kappa shape index (κ3) is 3.91. The third-order valence-electron chi connectivity index (χ3n) is 4.03. The predicted molar refractivity (Wildman–Crippen MR) is 96.7 cm³/mol. The van der Waals surface area contributed by atoms with Crippen LogP contribution in [0.15, 0.2) is 24.3 Å². The summed E-state index contributed by atoms with van der Waals surface area (Å²) < 4.78 is 0. The van der Waals surface area contributed by atoms with Crippen LogP contribution in [0.2, 0.25) is 0 Å². The molecule has 1 atom stereocenters. The Morgan fingerprint density at radius 2 is 2.22 bits per heavy atom. The Bertz CT molecular complexity index is 686. The predicted octanol–water partition coefficient (Wildman–Crippen LogP) is 3.05. The number of carbonyl (C=O) groups is 1. The summed E-state index contributed by atoms with van der Waals surface area (Å²) in [5.74, 6) is -0.0143. The molecule has 0 aliphatic carbocycles. The summed E-state index contributed by atoms with van der Waals surface area (Å²) in [7, 11) is 0. The van der Waals surface area contributed by atoms with Crippen LogP contribution in [0.5, 0.6) is 0 Å². The summed E-state index contributed by atoms with van der Waals surface area (Å²) in [5.41, 5.74) is 3.50. The summed E-state index contributed by atoms with van der Waals surface area (Å²) >= 11 is 1.50. The molecule has 1 aliphatic heterocycles. The monoisotopic (exact) mass is 351 g/mol. The fraction of sp³-hybridized carbons (Fsp3) is 0.412. The fourth-order valence-corrected chi connectivity index (χ4v) is 3.78. The van der Waals surface area contributed by atoms with Crippen LogP contribution in [0.3, 0.4) is 0 Å². The smallest absolute Gasteiger partial charge is 0.263 e. The van der Waals surface area contributed by atoms with Crippen LogP contribution in [0.4, 0.5) is 0 Å². The molecule has 124 valence electrons. The number of hydrogen-bond donors (Lipinski definition) is 2. The van der Waals surface area contributed by atoms with Crippen molar-refractivity contribution >= 4 is 29.7 Å². The number of aryl methyl sites for hydroxylation is 2. The zero-order valence-electron chi connectivity index (χ0n) is 13.4. The maximum Gasteiger partial charge on any atom is 0.263 e. The van der Waals surface area contributed by atoms with Gasteiger partial charge in [0.2, 0.25) is 0 Å². The molecule has 1 aliphatic rings. The molecular weight excluding hydrogens is 330 g/mol. The lowest BCUT2D eigenvalue weighted by atomic mass is 9.94. The lowest BCUT2D eigenvalue weighted by Gasteiger charge is -2.27.